The highest BCUT2D eigenvalue weighted by atomic mass is 19.4. The Kier molecular flexibility index (Phi) is 8.22. The maximum absolute atomic E-state index is 13.1. The molecule has 2 heterocycles. The molecule has 140 valence electrons. The van der Waals surface area contributed by atoms with E-state index in [1.165, 1.54) is 17.9 Å². The summed E-state index contributed by atoms with van der Waals surface area (Å²) in [6.45, 7) is 11.2. The van der Waals surface area contributed by atoms with Crippen molar-refractivity contribution in [2.24, 2.45) is 13.0 Å². The molecule has 4 nitrogen and oxygen atoms in total. The van der Waals surface area contributed by atoms with Crippen LogP contribution in [0.5, 0.6) is 0 Å². The zero-order valence-electron chi connectivity index (χ0n) is 15.5. The molecule has 0 spiro atoms. The van der Waals surface area contributed by atoms with E-state index in [-0.39, 0.29) is 5.56 Å². The van der Waals surface area contributed by atoms with Crippen LogP contribution in [-0.2, 0) is 19.8 Å². The lowest BCUT2D eigenvalue weighted by Gasteiger charge is -2.35. The van der Waals surface area contributed by atoms with Gasteiger partial charge in [0.25, 0.3) is 0 Å². The number of nitrogens with one attached hydrogen (secondary N) is 1. The molecule has 0 saturated carbocycles. The van der Waals surface area contributed by atoms with Crippen LogP contribution in [0, 0.1) is 5.92 Å². The molecule has 1 aliphatic rings. The largest absolute Gasteiger partial charge is 0.435 e. The van der Waals surface area contributed by atoms with Crippen LogP contribution >= 0.6 is 0 Å². The Hall–Kier alpha value is -1.08. The van der Waals surface area contributed by atoms with Crippen LogP contribution in [0.25, 0.3) is 0 Å². The summed E-state index contributed by atoms with van der Waals surface area (Å²) in [5, 5.41) is 6.92. The molecule has 1 fully saturated rings. The van der Waals surface area contributed by atoms with Gasteiger partial charge in [-0.2, -0.15) is 18.3 Å². The summed E-state index contributed by atoms with van der Waals surface area (Å²) in [6, 6.07) is 0.338. The Morgan fingerprint density at radius 3 is 2.38 bits per heavy atom. The molecular weight excluding hydrogens is 317 g/mol. The molecule has 1 saturated heterocycles. The van der Waals surface area contributed by atoms with Gasteiger partial charge in [-0.3, -0.25) is 9.58 Å². The number of halogens is 3. The molecule has 0 unspecified atom stereocenters. The second-order valence-corrected chi connectivity index (χ2v) is 6.48. The van der Waals surface area contributed by atoms with E-state index in [1.807, 2.05) is 13.8 Å². The Morgan fingerprint density at radius 1 is 1.29 bits per heavy atom. The lowest BCUT2D eigenvalue weighted by Crippen LogP contribution is -2.44. The monoisotopic (exact) mass is 348 g/mol. The van der Waals surface area contributed by atoms with Gasteiger partial charge >= 0.3 is 6.18 Å². The number of hydrogen-bond donors (Lipinski definition) is 1. The Bertz CT molecular complexity index is 477. The van der Waals surface area contributed by atoms with Gasteiger partial charge in [0.2, 0.25) is 0 Å². The molecule has 1 aromatic heterocycles. The molecule has 7 heteroatoms. The van der Waals surface area contributed by atoms with Gasteiger partial charge in [0, 0.05) is 37.9 Å². The van der Waals surface area contributed by atoms with E-state index in [0.717, 1.165) is 32.5 Å². The molecule has 0 radical (unpaired) electrons. The van der Waals surface area contributed by atoms with E-state index in [4.69, 9.17) is 0 Å². The second kappa shape index (κ2) is 9.42. The van der Waals surface area contributed by atoms with Crippen LogP contribution in [0.15, 0.2) is 6.20 Å². The van der Waals surface area contributed by atoms with Crippen LogP contribution in [-0.4, -0.2) is 40.4 Å². The average Bonchev–Trinajstić information content (AvgIpc) is 2.90. The predicted octanol–water partition coefficient (Wildman–Crippen LogP) is 3.68. The molecular formula is C17H31F3N4. The average molecular weight is 348 g/mol. The first kappa shape index (κ1) is 21.0. The van der Waals surface area contributed by atoms with Crippen molar-refractivity contribution in [2.45, 2.75) is 59.3 Å². The van der Waals surface area contributed by atoms with E-state index in [9.17, 15) is 13.2 Å². The van der Waals surface area contributed by atoms with Crippen molar-refractivity contribution in [3.63, 3.8) is 0 Å². The van der Waals surface area contributed by atoms with E-state index < -0.39 is 11.9 Å². The third-order valence-electron chi connectivity index (χ3n) is 3.97. The van der Waals surface area contributed by atoms with Crippen molar-refractivity contribution >= 4 is 0 Å². The minimum absolute atomic E-state index is 0.272. The van der Waals surface area contributed by atoms with Crippen molar-refractivity contribution in [3.05, 3.63) is 17.5 Å². The maximum atomic E-state index is 13.1. The van der Waals surface area contributed by atoms with Gasteiger partial charge in [0.05, 0.1) is 0 Å². The highest BCUT2D eigenvalue weighted by Gasteiger charge is 2.37. The molecule has 1 aliphatic heterocycles. The fourth-order valence-electron chi connectivity index (χ4n) is 3.09. The van der Waals surface area contributed by atoms with Crippen LogP contribution in [0.4, 0.5) is 13.2 Å². The van der Waals surface area contributed by atoms with E-state index in [0.29, 0.717) is 18.5 Å². The second-order valence-electron chi connectivity index (χ2n) is 6.48. The molecule has 1 aromatic rings. The number of nitrogens with zero attached hydrogens (tertiary/aromatic N) is 3. The van der Waals surface area contributed by atoms with E-state index in [1.54, 1.807) is 0 Å². The standard InChI is InChI=1S/C15H25F3N4.C2H6/c1-11(2)8-22(13-4-6-19-7-5-13)10-12-9-21(3)20-14(12)15(16,17)18;1-2/h9,11,13,19H,4-8,10H2,1-3H3;1-2H3. The zero-order valence-corrected chi connectivity index (χ0v) is 15.5. The summed E-state index contributed by atoms with van der Waals surface area (Å²) in [7, 11) is 1.54. The number of alkyl halides is 3. The summed E-state index contributed by atoms with van der Waals surface area (Å²) in [6.07, 6.45) is -0.936. The van der Waals surface area contributed by atoms with Gasteiger partial charge in [-0.15, -0.1) is 0 Å². The number of hydrogen-bond acceptors (Lipinski definition) is 3. The highest BCUT2D eigenvalue weighted by molar-refractivity contribution is 5.20. The molecule has 0 amide bonds. The fourth-order valence-corrected chi connectivity index (χ4v) is 3.09. The predicted molar refractivity (Wildman–Crippen MR) is 90.7 cm³/mol. The molecule has 0 bridgehead atoms. The Labute approximate surface area is 143 Å². The molecule has 0 aromatic carbocycles. The quantitative estimate of drug-likeness (QED) is 0.881. The van der Waals surface area contributed by atoms with Gasteiger partial charge in [0.1, 0.15) is 0 Å². The molecule has 0 atom stereocenters. The van der Waals surface area contributed by atoms with Crippen molar-refractivity contribution in [1.82, 2.24) is 20.0 Å². The number of aryl methyl sites for hydroxylation is 1. The Morgan fingerprint density at radius 2 is 1.88 bits per heavy atom. The molecule has 2 rings (SSSR count). The Balaban J connectivity index is 0.00000139. The molecule has 1 N–H and O–H groups in total. The van der Waals surface area contributed by atoms with Crippen molar-refractivity contribution < 1.29 is 13.2 Å². The van der Waals surface area contributed by atoms with E-state index >= 15 is 0 Å². The number of piperidine rings is 1. The van der Waals surface area contributed by atoms with Crippen LogP contribution in [0.2, 0.25) is 0 Å². The highest BCUT2D eigenvalue weighted by Crippen LogP contribution is 2.31. The van der Waals surface area contributed by atoms with Gasteiger partial charge in [-0.05, 0) is 31.8 Å². The summed E-state index contributed by atoms with van der Waals surface area (Å²) in [5.41, 5.74) is -0.480. The maximum Gasteiger partial charge on any atom is 0.435 e. The molecule has 24 heavy (non-hydrogen) atoms. The minimum atomic E-state index is -4.39. The summed E-state index contributed by atoms with van der Waals surface area (Å²) >= 11 is 0. The number of aromatic nitrogens is 2. The first-order valence-electron chi connectivity index (χ1n) is 8.82. The molecule has 0 aliphatic carbocycles. The topological polar surface area (TPSA) is 33.1 Å². The van der Waals surface area contributed by atoms with Gasteiger partial charge < -0.3 is 5.32 Å². The first-order valence-corrected chi connectivity index (χ1v) is 8.82. The number of rotatable bonds is 5. The van der Waals surface area contributed by atoms with Gasteiger partial charge in [-0.1, -0.05) is 27.7 Å². The van der Waals surface area contributed by atoms with Gasteiger partial charge in [-0.25, -0.2) is 0 Å². The fraction of sp³-hybridized carbons (Fsp3) is 0.824. The zero-order chi connectivity index (χ0) is 18.3. The normalized spacial score (nSPS) is 16.4. The third kappa shape index (κ3) is 6.09. The first-order chi connectivity index (χ1) is 11.3. The third-order valence-corrected chi connectivity index (χ3v) is 3.97. The summed E-state index contributed by atoms with van der Waals surface area (Å²) in [4.78, 5) is 2.19. The van der Waals surface area contributed by atoms with Crippen LogP contribution < -0.4 is 5.32 Å². The smallest absolute Gasteiger partial charge is 0.317 e. The summed E-state index contributed by atoms with van der Waals surface area (Å²) in [5.74, 6) is 0.417. The minimum Gasteiger partial charge on any atom is -0.317 e. The SMILES string of the molecule is CC.CC(C)CN(Cc1cn(C)nc1C(F)(F)F)C1CCNCC1. The van der Waals surface area contributed by atoms with E-state index in [2.05, 4.69) is 29.2 Å². The van der Waals surface area contributed by atoms with Crippen LogP contribution in [0.3, 0.4) is 0 Å². The van der Waals surface area contributed by atoms with Crippen molar-refractivity contribution in [2.75, 3.05) is 19.6 Å². The van der Waals surface area contributed by atoms with Crippen molar-refractivity contribution in [1.29, 1.82) is 0 Å². The van der Waals surface area contributed by atoms with Crippen LogP contribution in [0.1, 0.15) is 51.8 Å². The lowest BCUT2D eigenvalue weighted by atomic mass is 10.0. The van der Waals surface area contributed by atoms with Crippen molar-refractivity contribution in [3.8, 4) is 0 Å². The summed E-state index contributed by atoms with van der Waals surface area (Å²) < 4.78 is 40.6. The van der Waals surface area contributed by atoms with Gasteiger partial charge in [0.15, 0.2) is 5.69 Å². The lowest BCUT2D eigenvalue weighted by molar-refractivity contribution is -0.142.